The second-order valence-electron chi connectivity index (χ2n) is 7.41. The number of rotatable bonds is 5. The molecule has 22 heavy (non-hydrogen) atoms. The summed E-state index contributed by atoms with van der Waals surface area (Å²) in [5.41, 5.74) is 3.05. The average Bonchev–Trinajstić information content (AvgIpc) is 2.44. The van der Waals surface area contributed by atoms with Gasteiger partial charge in [0.25, 0.3) is 0 Å². The van der Waals surface area contributed by atoms with E-state index in [1.165, 1.54) is 43.2 Å². The molecule has 1 aromatic carbocycles. The molecule has 0 bridgehead atoms. The van der Waals surface area contributed by atoms with Crippen LogP contribution in [-0.4, -0.2) is 6.04 Å². The Kier molecular flexibility index (Phi) is 7.71. The fourth-order valence-corrected chi connectivity index (χ4v) is 3.86. The molecule has 2 rings (SSSR count). The van der Waals surface area contributed by atoms with E-state index in [-0.39, 0.29) is 12.4 Å². The summed E-state index contributed by atoms with van der Waals surface area (Å²) in [5, 5.41) is 4.57. The van der Waals surface area contributed by atoms with Crippen molar-refractivity contribution in [1.29, 1.82) is 0 Å². The maximum atomic E-state index is 6.13. The fraction of sp³-hybridized carbons (Fsp3) is 0.684. The van der Waals surface area contributed by atoms with Crippen LogP contribution in [0.1, 0.15) is 64.0 Å². The molecule has 1 fully saturated rings. The fourth-order valence-electron chi connectivity index (χ4n) is 3.54. The summed E-state index contributed by atoms with van der Waals surface area (Å²) in [5.74, 6) is 0.897. The number of hydrogen-bond donors (Lipinski definition) is 1. The minimum absolute atomic E-state index is 0. The van der Waals surface area contributed by atoms with Gasteiger partial charge in [-0.15, -0.1) is 12.4 Å². The molecule has 1 saturated carbocycles. The van der Waals surface area contributed by atoms with Crippen LogP contribution in [0.5, 0.6) is 0 Å². The maximum absolute atomic E-state index is 6.13. The van der Waals surface area contributed by atoms with Gasteiger partial charge in [-0.25, -0.2) is 0 Å². The van der Waals surface area contributed by atoms with E-state index in [2.05, 4.69) is 45.1 Å². The molecule has 1 aliphatic rings. The van der Waals surface area contributed by atoms with E-state index in [9.17, 15) is 0 Å². The van der Waals surface area contributed by atoms with Crippen molar-refractivity contribution in [2.45, 2.75) is 72.4 Å². The van der Waals surface area contributed by atoms with Crippen molar-refractivity contribution in [1.82, 2.24) is 5.32 Å². The highest BCUT2D eigenvalue weighted by Gasteiger charge is 2.31. The van der Waals surface area contributed by atoms with E-state index in [0.717, 1.165) is 17.5 Å². The Morgan fingerprint density at radius 1 is 1.14 bits per heavy atom. The van der Waals surface area contributed by atoms with Gasteiger partial charge in [0.15, 0.2) is 0 Å². The monoisotopic (exact) mass is 343 g/mol. The first-order valence-corrected chi connectivity index (χ1v) is 8.78. The topological polar surface area (TPSA) is 12.0 Å². The van der Waals surface area contributed by atoms with Crippen LogP contribution in [0.4, 0.5) is 0 Å². The molecule has 1 N–H and O–H groups in total. The summed E-state index contributed by atoms with van der Waals surface area (Å²) in [6, 6.07) is 6.99. The number of hydrogen-bond acceptors (Lipinski definition) is 1. The van der Waals surface area contributed by atoms with Crippen LogP contribution in [0, 0.1) is 18.3 Å². The molecule has 1 aliphatic carbocycles. The molecule has 0 amide bonds. The molecular formula is C19H31Cl2N. The molecule has 0 heterocycles. The molecule has 0 radical (unpaired) electrons. The number of aryl methyl sites for hydroxylation is 1. The maximum Gasteiger partial charge on any atom is 0.0411 e. The van der Waals surface area contributed by atoms with Gasteiger partial charge < -0.3 is 5.32 Å². The van der Waals surface area contributed by atoms with Crippen LogP contribution in [-0.2, 0) is 6.54 Å². The zero-order chi connectivity index (χ0) is 15.5. The Morgan fingerprint density at radius 3 is 2.32 bits per heavy atom. The van der Waals surface area contributed by atoms with E-state index >= 15 is 0 Å². The van der Waals surface area contributed by atoms with Gasteiger partial charge >= 0.3 is 0 Å². The average molecular weight is 344 g/mol. The van der Waals surface area contributed by atoms with E-state index in [0.29, 0.717) is 11.5 Å². The van der Waals surface area contributed by atoms with Crippen molar-refractivity contribution in [2.75, 3.05) is 0 Å². The van der Waals surface area contributed by atoms with Gasteiger partial charge in [-0.2, -0.15) is 0 Å². The second-order valence-corrected chi connectivity index (χ2v) is 7.84. The Labute approximate surface area is 147 Å². The molecule has 3 heteroatoms. The smallest absolute Gasteiger partial charge is 0.0411 e. The van der Waals surface area contributed by atoms with Gasteiger partial charge in [-0.05, 0) is 67.2 Å². The molecule has 0 atom stereocenters. The Bertz CT molecular complexity index is 442. The van der Waals surface area contributed by atoms with E-state index < -0.39 is 0 Å². The van der Waals surface area contributed by atoms with Gasteiger partial charge in [0, 0.05) is 17.6 Å². The van der Waals surface area contributed by atoms with Gasteiger partial charge in [-0.1, -0.05) is 44.9 Å². The Morgan fingerprint density at radius 2 is 1.77 bits per heavy atom. The molecule has 0 spiro atoms. The van der Waals surface area contributed by atoms with Crippen molar-refractivity contribution in [2.24, 2.45) is 11.3 Å². The standard InChI is InChI=1S/C19H30ClN.ClH/c1-5-19(3,4)16-6-8-18(9-7-16)21-13-15-10-14(2)11-17(20)12-15;/h10-12,16,18,21H,5-9,13H2,1-4H3;1H. The summed E-state index contributed by atoms with van der Waals surface area (Å²) in [4.78, 5) is 0. The SMILES string of the molecule is CCC(C)(C)C1CCC(NCc2cc(C)cc(Cl)c2)CC1.Cl. The highest BCUT2D eigenvalue weighted by molar-refractivity contribution is 6.30. The molecular weight excluding hydrogens is 313 g/mol. The van der Waals surface area contributed by atoms with Crippen LogP contribution in [0.15, 0.2) is 18.2 Å². The quantitative estimate of drug-likeness (QED) is 0.675. The summed E-state index contributed by atoms with van der Waals surface area (Å²) < 4.78 is 0. The lowest BCUT2D eigenvalue weighted by Gasteiger charge is -2.39. The van der Waals surface area contributed by atoms with E-state index in [1.807, 2.05) is 6.07 Å². The largest absolute Gasteiger partial charge is 0.310 e. The molecule has 0 unspecified atom stereocenters. The third-order valence-electron chi connectivity index (χ3n) is 5.44. The highest BCUT2D eigenvalue weighted by Crippen LogP contribution is 2.40. The predicted molar refractivity (Wildman–Crippen MR) is 100 cm³/mol. The van der Waals surface area contributed by atoms with E-state index in [1.54, 1.807) is 0 Å². The van der Waals surface area contributed by atoms with Crippen molar-refractivity contribution in [3.05, 3.63) is 34.3 Å². The summed E-state index contributed by atoms with van der Waals surface area (Å²) in [6.07, 6.45) is 6.65. The Hall–Kier alpha value is -0.240. The van der Waals surface area contributed by atoms with Crippen molar-refractivity contribution in [3.8, 4) is 0 Å². The van der Waals surface area contributed by atoms with Crippen molar-refractivity contribution >= 4 is 24.0 Å². The van der Waals surface area contributed by atoms with Crippen LogP contribution in [0.2, 0.25) is 5.02 Å². The zero-order valence-electron chi connectivity index (χ0n) is 14.4. The van der Waals surface area contributed by atoms with Crippen LogP contribution >= 0.6 is 24.0 Å². The zero-order valence-corrected chi connectivity index (χ0v) is 16.0. The molecule has 126 valence electrons. The first-order valence-electron chi connectivity index (χ1n) is 8.40. The van der Waals surface area contributed by atoms with Gasteiger partial charge in [0.1, 0.15) is 0 Å². The van der Waals surface area contributed by atoms with Crippen LogP contribution in [0.25, 0.3) is 0 Å². The van der Waals surface area contributed by atoms with Crippen LogP contribution < -0.4 is 5.32 Å². The summed E-state index contributed by atoms with van der Waals surface area (Å²) in [6.45, 7) is 10.2. The van der Waals surface area contributed by atoms with Gasteiger partial charge in [-0.3, -0.25) is 0 Å². The Balaban J connectivity index is 0.00000242. The lowest BCUT2D eigenvalue weighted by Crippen LogP contribution is -2.36. The predicted octanol–water partition coefficient (Wildman–Crippen LogP) is 6.15. The number of halogens is 2. The third-order valence-corrected chi connectivity index (χ3v) is 5.66. The van der Waals surface area contributed by atoms with Gasteiger partial charge in [0.2, 0.25) is 0 Å². The molecule has 1 aromatic rings. The number of benzene rings is 1. The second kappa shape index (κ2) is 8.57. The van der Waals surface area contributed by atoms with Crippen molar-refractivity contribution in [3.63, 3.8) is 0 Å². The third kappa shape index (κ3) is 5.44. The van der Waals surface area contributed by atoms with Crippen molar-refractivity contribution < 1.29 is 0 Å². The molecule has 0 aliphatic heterocycles. The lowest BCUT2D eigenvalue weighted by molar-refractivity contribution is 0.137. The normalized spacial score (nSPS) is 22.2. The van der Waals surface area contributed by atoms with Crippen LogP contribution in [0.3, 0.4) is 0 Å². The summed E-state index contributed by atoms with van der Waals surface area (Å²) in [7, 11) is 0. The molecule has 1 nitrogen and oxygen atoms in total. The first-order chi connectivity index (χ1) is 9.90. The van der Waals surface area contributed by atoms with Gasteiger partial charge in [0.05, 0.1) is 0 Å². The minimum Gasteiger partial charge on any atom is -0.310 e. The lowest BCUT2D eigenvalue weighted by atomic mass is 9.69. The highest BCUT2D eigenvalue weighted by atomic mass is 35.5. The first kappa shape index (κ1) is 19.8. The van der Waals surface area contributed by atoms with E-state index in [4.69, 9.17) is 11.6 Å². The molecule has 0 aromatic heterocycles. The summed E-state index contributed by atoms with van der Waals surface area (Å²) >= 11 is 6.13. The number of nitrogens with one attached hydrogen (secondary N) is 1. The minimum atomic E-state index is 0. The molecule has 0 saturated heterocycles.